The molecule has 2 rings (SSSR count). The first-order valence-electron chi connectivity index (χ1n) is 6.67. The highest BCUT2D eigenvalue weighted by atomic mass is 32.1. The fraction of sp³-hybridized carbons (Fsp3) is 0.429. The summed E-state index contributed by atoms with van der Waals surface area (Å²) in [6, 6.07) is 9.66. The third-order valence-electron chi connectivity index (χ3n) is 3.27. The summed E-state index contributed by atoms with van der Waals surface area (Å²) in [6.07, 6.45) is 0.566. The maximum Gasteiger partial charge on any atom is 0.410 e. The van der Waals surface area contributed by atoms with Gasteiger partial charge in [-0.2, -0.15) is 0 Å². The number of carbonyl (C=O) groups is 1. The molecule has 6 heteroatoms. The molecule has 0 aliphatic carbocycles. The average Bonchev–Trinajstić information content (AvgIpc) is 2.72. The predicted octanol–water partition coefficient (Wildman–Crippen LogP) is 1.57. The summed E-state index contributed by atoms with van der Waals surface area (Å²) in [4.78, 5) is 15.6. The van der Waals surface area contributed by atoms with Crippen molar-refractivity contribution in [3.8, 4) is 0 Å². The van der Waals surface area contributed by atoms with Gasteiger partial charge in [-0.05, 0) is 24.2 Å². The second kappa shape index (κ2) is 7.09. The molecule has 0 saturated carbocycles. The van der Waals surface area contributed by atoms with Gasteiger partial charge in [-0.25, -0.2) is 4.79 Å². The summed E-state index contributed by atoms with van der Waals surface area (Å²) in [5.74, 6) is 0. The largest absolute Gasteiger partial charge is 0.445 e. The van der Waals surface area contributed by atoms with E-state index in [1.807, 2.05) is 35.2 Å². The number of benzene rings is 1. The molecule has 0 atom stereocenters. The SMILES string of the molecule is NC(=S)N1CCCN(C(=O)OCc2ccccc2)CC1. The number of carbonyl (C=O) groups excluding carboxylic acids is 1. The van der Waals surface area contributed by atoms with Gasteiger partial charge in [0, 0.05) is 26.2 Å². The van der Waals surface area contributed by atoms with Gasteiger partial charge >= 0.3 is 6.09 Å². The van der Waals surface area contributed by atoms with Crippen LogP contribution < -0.4 is 5.73 Å². The van der Waals surface area contributed by atoms with Crippen LogP contribution in [0.4, 0.5) is 4.79 Å². The minimum absolute atomic E-state index is 0.279. The molecule has 1 aromatic carbocycles. The number of nitrogens with zero attached hydrogens (tertiary/aromatic N) is 2. The van der Waals surface area contributed by atoms with Gasteiger partial charge in [0.15, 0.2) is 5.11 Å². The van der Waals surface area contributed by atoms with Crippen molar-refractivity contribution >= 4 is 23.4 Å². The van der Waals surface area contributed by atoms with E-state index in [4.69, 9.17) is 22.7 Å². The molecule has 0 radical (unpaired) electrons. The fourth-order valence-corrected chi connectivity index (χ4v) is 2.31. The van der Waals surface area contributed by atoms with Crippen LogP contribution in [-0.4, -0.2) is 47.2 Å². The van der Waals surface area contributed by atoms with Crippen molar-refractivity contribution in [1.82, 2.24) is 9.80 Å². The van der Waals surface area contributed by atoms with E-state index in [0.717, 1.165) is 18.5 Å². The Hall–Kier alpha value is -1.82. The van der Waals surface area contributed by atoms with Gasteiger partial charge in [0.2, 0.25) is 0 Å². The second-order valence-corrected chi connectivity index (χ2v) is 5.12. The van der Waals surface area contributed by atoms with Crippen molar-refractivity contribution in [2.45, 2.75) is 13.0 Å². The number of hydrogen-bond acceptors (Lipinski definition) is 3. The molecular weight excluding hydrogens is 274 g/mol. The number of amides is 1. The molecule has 108 valence electrons. The van der Waals surface area contributed by atoms with E-state index in [2.05, 4.69) is 0 Å². The summed E-state index contributed by atoms with van der Waals surface area (Å²) in [6.45, 7) is 3.01. The molecule has 1 aromatic rings. The molecule has 1 aliphatic rings. The monoisotopic (exact) mass is 293 g/mol. The molecule has 1 fully saturated rings. The van der Waals surface area contributed by atoms with E-state index < -0.39 is 0 Å². The Balaban J connectivity index is 1.82. The molecule has 20 heavy (non-hydrogen) atoms. The maximum absolute atomic E-state index is 12.0. The lowest BCUT2D eigenvalue weighted by molar-refractivity contribution is 0.0979. The molecule has 1 amide bonds. The third kappa shape index (κ3) is 4.09. The Kier molecular flexibility index (Phi) is 5.17. The first-order chi connectivity index (χ1) is 9.66. The van der Waals surface area contributed by atoms with Crippen LogP contribution in [0.5, 0.6) is 0 Å². The zero-order valence-electron chi connectivity index (χ0n) is 11.3. The van der Waals surface area contributed by atoms with E-state index in [0.29, 0.717) is 31.4 Å². The molecule has 0 aromatic heterocycles. The van der Waals surface area contributed by atoms with Crippen molar-refractivity contribution in [1.29, 1.82) is 0 Å². The molecule has 2 N–H and O–H groups in total. The van der Waals surface area contributed by atoms with Crippen molar-refractivity contribution in [3.05, 3.63) is 35.9 Å². The minimum Gasteiger partial charge on any atom is -0.445 e. The van der Waals surface area contributed by atoms with Crippen molar-refractivity contribution in [2.75, 3.05) is 26.2 Å². The minimum atomic E-state index is -0.279. The number of thiocarbonyl (C=S) groups is 1. The maximum atomic E-state index is 12.0. The standard InChI is InChI=1S/C14H19N3O2S/c15-13(20)16-7-4-8-17(10-9-16)14(18)19-11-12-5-2-1-3-6-12/h1-3,5-6H,4,7-11H2,(H2,15,20). The Morgan fingerprint density at radius 1 is 1.15 bits per heavy atom. The van der Waals surface area contributed by atoms with Gasteiger partial charge in [0.05, 0.1) is 0 Å². The van der Waals surface area contributed by atoms with Crippen molar-refractivity contribution in [3.63, 3.8) is 0 Å². The topological polar surface area (TPSA) is 58.8 Å². The van der Waals surface area contributed by atoms with E-state index in [-0.39, 0.29) is 6.09 Å². The molecule has 1 heterocycles. The molecule has 1 saturated heterocycles. The highest BCUT2D eigenvalue weighted by Gasteiger charge is 2.20. The average molecular weight is 293 g/mol. The number of hydrogen-bond donors (Lipinski definition) is 1. The smallest absolute Gasteiger partial charge is 0.410 e. The van der Waals surface area contributed by atoms with E-state index >= 15 is 0 Å². The highest BCUT2D eigenvalue weighted by Crippen LogP contribution is 2.07. The van der Waals surface area contributed by atoms with Crippen LogP contribution in [0.25, 0.3) is 0 Å². The first-order valence-corrected chi connectivity index (χ1v) is 7.07. The van der Waals surface area contributed by atoms with Gasteiger partial charge < -0.3 is 20.3 Å². The van der Waals surface area contributed by atoms with Gasteiger partial charge in [-0.15, -0.1) is 0 Å². The predicted molar refractivity (Wildman–Crippen MR) is 81.2 cm³/mol. The van der Waals surface area contributed by atoms with Crippen LogP contribution in [0.3, 0.4) is 0 Å². The molecule has 5 nitrogen and oxygen atoms in total. The summed E-state index contributed by atoms with van der Waals surface area (Å²) in [5.41, 5.74) is 6.60. The number of rotatable bonds is 2. The van der Waals surface area contributed by atoms with Gasteiger partial charge in [0.1, 0.15) is 6.61 Å². The Labute approximate surface area is 124 Å². The highest BCUT2D eigenvalue weighted by molar-refractivity contribution is 7.80. The first kappa shape index (κ1) is 14.6. The zero-order chi connectivity index (χ0) is 14.4. The number of nitrogens with two attached hydrogens (primary N) is 1. The Morgan fingerprint density at radius 2 is 1.80 bits per heavy atom. The van der Waals surface area contributed by atoms with E-state index in [1.54, 1.807) is 4.90 Å². The van der Waals surface area contributed by atoms with Gasteiger partial charge in [-0.1, -0.05) is 30.3 Å². The lowest BCUT2D eigenvalue weighted by Crippen LogP contribution is -2.39. The molecule has 1 aliphatic heterocycles. The van der Waals surface area contributed by atoms with Crippen LogP contribution in [0.2, 0.25) is 0 Å². The molecule has 0 unspecified atom stereocenters. The summed E-state index contributed by atoms with van der Waals surface area (Å²) in [7, 11) is 0. The van der Waals surface area contributed by atoms with Crippen molar-refractivity contribution in [2.24, 2.45) is 5.73 Å². The van der Waals surface area contributed by atoms with Crippen molar-refractivity contribution < 1.29 is 9.53 Å². The third-order valence-corrected chi connectivity index (χ3v) is 3.53. The van der Waals surface area contributed by atoms with Crippen LogP contribution in [0.15, 0.2) is 30.3 Å². The lowest BCUT2D eigenvalue weighted by Gasteiger charge is -2.21. The van der Waals surface area contributed by atoms with Gasteiger partial charge in [-0.3, -0.25) is 0 Å². The fourth-order valence-electron chi connectivity index (χ4n) is 2.13. The summed E-state index contributed by atoms with van der Waals surface area (Å²) in [5, 5.41) is 0.393. The van der Waals surface area contributed by atoms with E-state index in [1.165, 1.54) is 0 Å². The summed E-state index contributed by atoms with van der Waals surface area (Å²) >= 11 is 4.96. The van der Waals surface area contributed by atoms with Crippen LogP contribution in [-0.2, 0) is 11.3 Å². The Bertz CT molecular complexity index is 467. The molecule has 0 bridgehead atoms. The second-order valence-electron chi connectivity index (χ2n) is 4.71. The van der Waals surface area contributed by atoms with E-state index in [9.17, 15) is 4.79 Å². The van der Waals surface area contributed by atoms with Crippen LogP contribution in [0.1, 0.15) is 12.0 Å². The quantitative estimate of drug-likeness (QED) is 0.839. The normalized spacial score (nSPS) is 15.6. The van der Waals surface area contributed by atoms with Crippen LogP contribution >= 0.6 is 12.2 Å². The zero-order valence-corrected chi connectivity index (χ0v) is 12.1. The molecule has 0 spiro atoms. The summed E-state index contributed by atoms with van der Waals surface area (Å²) < 4.78 is 5.32. The van der Waals surface area contributed by atoms with Crippen LogP contribution in [0, 0.1) is 0 Å². The van der Waals surface area contributed by atoms with Gasteiger partial charge in [0.25, 0.3) is 0 Å². The Morgan fingerprint density at radius 3 is 2.50 bits per heavy atom. The number of ether oxygens (including phenoxy) is 1. The lowest BCUT2D eigenvalue weighted by atomic mass is 10.2. The molecular formula is C14H19N3O2S.